The molecule has 0 aromatic heterocycles. The second-order valence-corrected chi connectivity index (χ2v) is 11.2. The standard InChI is InChI=1S/C16H36O4Si/c1-7-14(2)9-12-21(6,19-5)11-8-10-20-13-16(4,18)15(3)17/h14-15,17-18H,7-13H2,1-6H3. The predicted octanol–water partition coefficient (Wildman–Crippen LogP) is 3.18. The van der Waals surface area contributed by atoms with E-state index in [2.05, 4.69) is 20.4 Å². The number of hydrogen-bond acceptors (Lipinski definition) is 4. The van der Waals surface area contributed by atoms with Crippen LogP contribution in [-0.2, 0) is 9.16 Å². The van der Waals surface area contributed by atoms with Gasteiger partial charge < -0.3 is 19.4 Å². The fourth-order valence-corrected chi connectivity index (χ4v) is 4.69. The van der Waals surface area contributed by atoms with Gasteiger partial charge in [0.15, 0.2) is 8.32 Å². The summed E-state index contributed by atoms with van der Waals surface area (Å²) in [7, 11) is 0.223. The zero-order valence-electron chi connectivity index (χ0n) is 14.8. The molecule has 0 rings (SSSR count). The molecule has 0 aromatic carbocycles. The zero-order chi connectivity index (χ0) is 16.5. The molecular weight excluding hydrogens is 284 g/mol. The fourth-order valence-electron chi connectivity index (χ4n) is 2.03. The summed E-state index contributed by atoms with van der Waals surface area (Å²) in [4.78, 5) is 0. The maximum absolute atomic E-state index is 9.88. The molecule has 0 spiro atoms. The third kappa shape index (κ3) is 8.93. The van der Waals surface area contributed by atoms with E-state index < -0.39 is 20.0 Å². The molecule has 4 nitrogen and oxygen atoms in total. The quantitative estimate of drug-likeness (QED) is 0.428. The highest BCUT2D eigenvalue weighted by molar-refractivity contribution is 6.72. The summed E-state index contributed by atoms with van der Waals surface area (Å²) < 4.78 is 11.3. The van der Waals surface area contributed by atoms with Crippen molar-refractivity contribution in [3.8, 4) is 0 Å². The summed E-state index contributed by atoms with van der Waals surface area (Å²) in [6.07, 6.45) is 2.63. The molecule has 4 atom stereocenters. The second kappa shape index (κ2) is 9.95. The molecule has 0 saturated carbocycles. The SMILES string of the molecule is CCC(C)CC[Si](C)(CCCOCC(C)(O)C(C)O)OC. The first-order valence-electron chi connectivity index (χ1n) is 8.20. The highest BCUT2D eigenvalue weighted by Gasteiger charge is 2.29. The largest absolute Gasteiger partial charge is 0.420 e. The molecule has 2 N–H and O–H groups in total. The Balaban J connectivity index is 3.96. The van der Waals surface area contributed by atoms with E-state index in [0.717, 1.165) is 18.4 Å². The Labute approximate surface area is 132 Å². The van der Waals surface area contributed by atoms with Gasteiger partial charge in [-0.15, -0.1) is 0 Å². The predicted molar refractivity (Wildman–Crippen MR) is 90.1 cm³/mol. The molecule has 21 heavy (non-hydrogen) atoms. The first-order chi connectivity index (χ1) is 9.67. The molecule has 5 heteroatoms. The zero-order valence-corrected chi connectivity index (χ0v) is 15.8. The van der Waals surface area contributed by atoms with Crippen LogP contribution in [0, 0.1) is 5.92 Å². The number of rotatable bonds is 12. The van der Waals surface area contributed by atoms with Crippen LogP contribution in [0.25, 0.3) is 0 Å². The lowest BCUT2D eigenvalue weighted by atomic mass is 10.0. The summed E-state index contributed by atoms with van der Waals surface area (Å²) in [5.74, 6) is 0.768. The highest BCUT2D eigenvalue weighted by Crippen LogP contribution is 2.24. The van der Waals surface area contributed by atoms with Crippen LogP contribution in [0.15, 0.2) is 0 Å². The van der Waals surface area contributed by atoms with E-state index in [1.165, 1.54) is 18.9 Å². The number of aliphatic hydroxyl groups is 2. The molecule has 0 heterocycles. The first-order valence-corrected chi connectivity index (χ1v) is 11.0. The Kier molecular flexibility index (Phi) is 9.98. The minimum absolute atomic E-state index is 0.169. The monoisotopic (exact) mass is 320 g/mol. The number of ether oxygens (including phenoxy) is 1. The Morgan fingerprint density at radius 2 is 1.86 bits per heavy atom. The van der Waals surface area contributed by atoms with Gasteiger partial charge >= 0.3 is 0 Å². The summed E-state index contributed by atoms with van der Waals surface area (Å²) in [5, 5.41) is 19.3. The lowest BCUT2D eigenvalue weighted by Gasteiger charge is -2.28. The van der Waals surface area contributed by atoms with Crippen molar-refractivity contribution in [2.24, 2.45) is 5.92 Å². The van der Waals surface area contributed by atoms with Gasteiger partial charge in [-0.25, -0.2) is 0 Å². The summed E-state index contributed by atoms with van der Waals surface area (Å²) in [6, 6.07) is 2.28. The van der Waals surface area contributed by atoms with Gasteiger partial charge in [0, 0.05) is 13.7 Å². The van der Waals surface area contributed by atoms with E-state index in [0.29, 0.717) is 6.61 Å². The number of aliphatic hydroxyl groups excluding tert-OH is 1. The molecular formula is C16H36O4Si. The topological polar surface area (TPSA) is 58.9 Å². The highest BCUT2D eigenvalue weighted by atomic mass is 28.4. The third-order valence-corrected chi connectivity index (χ3v) is 8.39. The van der Waals surface area contributed by atoms with Crippen LogP contribution in [0.2, 0.25) is 18.6 Å². The van der Waals surface area contributed by atoms with Crippen LogP contribution in [0.3, 0.4) is 0 Å². The van der Waals surface area contributed by atoms with Crippen molar-refractivity contribution >= 4 is 8.32 Å². The van der Waals surface area contributed by atoms with Crippen LogP contribution in [0.5, 0.6) is 0 Å². The molecule has 0 aliphatic carbocycles. The maximum Gasteiger partial charge on any atom is 0.189 e. The molecule has 4 unspecified atom stereocenters. The third-order valence-electron chi connectivity index (χ3n) is 4.64. The molecule has 0 aromatic rings. The molecule has 0 bridgehead atoms. The van der Waals surface area contributed by atoms with Crippen LogP contribution in [-0.4, -0.2) is 50.6 Å². The minimum atomic E-state index is -1.61. The van der Waals surface area contributed by atoms with Crippen LogP contribution < -0.4 is 0 Å². The van der Waals surface area contributed by atoms with Gasteiger partial charge in [0.1, 0.15) is 5.60 Å². The van der Waals surface area contributed by atoms with Crippen LogP contribution in [0.4, 0.5) is 0 Å². The van der Waals surface area contributed by atoms with Crippen molar-refractivity contribution in [1.82, 2.24) is 0 Å². The molecule has 0 aliphatic heterocycles. The maximum atomic E-state index is 9.88. The Hall–Kier alpha value is 0.0569. The van der Waals surface area contributed by atoms with E-state index >= 15 is 0 Å². The van der Waals surface area contributed by atoms with Crippen molar-refractivity contribution < 1.29 is 19.4 Å². The van der Waals surface area contributed by atoms with Crippen LogP contribution >= 0.6 is 0 Å². The average molecular weight is 321 g/mol. The van der Waals surface area contributed by atoms with E-state index in [1.54, 1.807) is 13.8 Å². The van der Waals surface area contributed by atoms with Crippen molar-refractivity contribution in [1.29, 1.82) is 0 Å². The van der Waals surface area contributed by atoms with Gasteiger partial charge in [-0.3, -0.25) is 0 Å². The molecule has 0 saturated heterocycles. The second-order valence-electron chi connectivity index (χ2n) is 6.90. The summed E-state index contributed by atoms with van der Waals surface area (Å²) in [6.45, 7) is 10.8. The van der Waals surface area contributed by atoms with E-state index in [9.17, 15) is 10.2 Å². The van der Waals surface area contributed by atoms with Gasteiger partial charge in [-0.2, -0.15) is 0 Å². The van der Waals surface area contributed by atoms with Crippen molar-refractivity contribution in [2.75, 3.05) is 20.3 Å². The van der Waals surface area contributed by atoms with Gasteiger partial charge in [0.2, 0.25) is 0 Å². The van der Waals surface area contributed by atoms with Crippen molar-refractivity contribution in [3.05, 3.63) is 0 Å². The van der Waals surface area contributed by atoms with Crippen molar-refractivity contribution in [2.45, 2.75) is 77.3 Å². The van der Waals surface area contributed by atoms with Gasteiger partial charge in [0.05, 0.1) is 12.7 Å². The lowest BCUT2D eigenvalue weighted by Crippen LogP contribution is -2.42. The Bertz CT molecular complexity index is 271. The number of hydrogen-bond donors (Lipinski definition) is 2. The van der Waals surface area contributed by atoms with Crippen LogP contribution in [0.1, 0.15) is 47.0 Å². The molecule has 0 fully saturated rings. The van der Waals surface area contributed by atoms with Gasteiger partial charge in [0.25, 0.3) is 0 Å². The Morgan fingerprint density at radius 1 is 1.24 bits per heavy atom. The van der Waals surface area contributed by atoms with E-state index in [1.807, 2.05) is 7.11 Å². The van der Waals surface area contributed by atoms with Crippen molar-refractivity contribution in [3.63, 3.8) is 0 Å². The minimum Gasteiger partial charge on any atom is -0.420 e. The van der Waals surface area contributed by atoms with E-state index in [-0.39, 0.29) is 6.61 Å². The average Bonchev–Trinajstić information content (AvgIpc) is 2.44. The normalized spacial score (nSPS) is 20.6. The molecule has 0 aliphatic rings. The summed E-state index contributed by atoms with van der Waals surface area (Å²) in [5.41, 5.74) is -1.17. The lowest BCUT2D eigenvalue weighted by molar-refractivity contribution is -0.102. The first kappa shape index (κ1) is 21.1. The smallest absolute Gasteiger partial charge is 0.189 e. The molecule has 0 amide bonds. The Morgan fingerprint density at radius 3 is 2.33 bits per heavy atom. The van der Waals surface area contributed by atoms with Gasteiger partial charge in [-0.05, 0) is 44.8 Å². The molecule has 0 radical (unpaired) electrons. The van der Waals surface area contributed by atoms with E-state index in [4.69, 9.17) is 9.16 Å². The summed E-state index contributed by atoms with van der Waals surface area (Å²) >= 11 is 0. The fraction of sp³-hybridized carbons (Fsp3) is 1.00. The van der Waals surface area contributed by atoms with Gasteiger partial charge in [-0.1, -0.05) is 26.7 Å². The molecule has 128 valence electrons.